The van der Waals surface area contributed by atoms with Gasteiger partial charge in [0.1, 0.15) is 0 Å². The maximum absolute atomic E-state index is 11.5. The van der Waals surface area contributed by atoms with Crippen LogP contribution in [0.25, 0.3) is 0 Å². The van der Waals surface area contributed by atoms with Crippen molar-refractivity contribution in [3.05, 3.63) is 0 Å². The van der Waals surface area contributed by atoms with E-state index < -0.39 is 0 Å². The van der Waals surface area contributed by atoms with Crippen molar-refractivity contribution < 1.29 is 4.79 Å². The zero-order chi connectivity index (χ0) is 10.6. The van der Waals surface area contributed by atoms with Crippen LogP contribution in [-0.4, -0.2) is 18.0 Å². The third-order valence-electron chi connectivity index (χ3n) is 3.25. The summed E-state index contributed by atoms with van der Waals surface area (Å²) in [6.07, 6.45) is 5.84. The van der Waals surface area contributed by atoms with E-state index in [2.05, 4.69) is 12.2 Å². The second kappa shape index (κ2) is 5.35. The van der Waals surface area contributed by atoms with Gasteiger partial charge in [0.25, 0.3) is 0 Å². The number of nitrogens with one attached hydrogen (secondary N) is 1. The normalized spacial score (nSPS) is 21.9. The van der Waals surface area contributed by atoms with Crippen LogP contribution in [0.1, 0.15) is 46.0 Å². The summed E-state index contributed by atoms with van der Waals surface area (Å²) in [4.78, 5) is 11.5. The van der Waals surface area contributed by atoms with Gasteiger partial charge in [-0.2, -0.15) is 0 Å². The SMILES string of the molecule is CCC(N)C(=O)NC(C)C1CCCC1. The standard InChI is InChI=1S/C11H22N2O/c1-3-10(12)11(14)13-8(2)9-6-4-5-7-9/h8-10H,3-7,12H2,1-2H3,(H,13,14). The second-order valence-electron chi connectivity index (χ2n) is 4.36. The van der Waals surface area contributed by atoms with Gasteiger partial charge in [0.05, 0.1) is 6.04 Å². The predicted octanol–water partition coefficient (Wildman–Crippen LogP) is 1.42. The lowest BCUT2D eigenvalue weighted by molar-refractivity contribution is -0.123. The van der Waals surface area contributed by atoms with Crippen LogP contribution in [0.5, 0.6) is 0 Å². The van der Waals surface area contributed by atoms with E-state index >= 15 is 0 Å². The fraction of sp³-hybridized carbons (Fsp3) is 0.909. The topological polar surface area (TPSA) is 55.1 Å². The molecule has 0 spiro atoms. The predicted molar refractivity (Wildman–Crippen MR) is 57.8 cm³/mol. The highest BCUT2D eigenvalue weighted by Crippen LogP contribution is 2.27. The van der Waals surface area contributed by atoms with Crippen molar-refractivity contribution in [1.82, 2.24) is 5.32 Å². The fourth-order valence-electron chi connectivity index (χ4n) is 2.09. The number of carbonyl (C=O) groups is 1. The molecule has 1 rings (SSSR count). The van der Waals surface area contributed by atoms with Gasteiger partial charge in [-0.05, 0) is 32.1 Å². The molecule has 0 aromatic heterocycles. The molecular formula is C11H22N2O. The Morgan fingerprint density at radius 2 is 2.07 bits per heavy atom. The Labute approximate surface area is 86.4 Å². The molecule has 0 radical (unpaired) electrons. The summed E-state index contributed by atoms with van der Waals surface area (Å²) >= 11 is 0. The number of amides is 1. The highest BCUT2D eigenvalue weighted by Gasteiger charge is 2.23. The van der Waals surface area contributed by atoms with Crippen LogP contribution in [-0.2, 0) is 4.79 Å². The van der Waals surface area contributed by atoms with Gasteiger partial charge >= 0.3 is 0 Å². The Bertz CT molecular complexity index is 188. The van der Waals surface area contributed by atoms with Gasteiger partial charge in [-0.1, -0.05) is 19.8 Å². The van der Waals surface area contributed by atoms with Crippen LogP contribution >= 0.6 is 0 Å². The van der Waals surface area contributed by atoms with Gasteiger partial charge in [0, 0.05) is 6.04 Å². The number of nitrogens with two attached hydrogens (primary N) is 1. The van der Waals surface area contributed by atoms with Crippen LogP contribution in [0.2, 0.25) is 0 Å². The summed E-state index contributed by atoms with van der Waals surface area (Å²) < 4.78 is 0. The minimum Gasteiger partial charge on any atom is -0.352 e. The lowest BCUT2D eigenvalue weighted by atomic mass is 9.99. The fourth-order valence-corrected chi connectivity index (χ4v) is 2.09. The third kappa shape index (κ3) is 2.98. The van der Waals surface area contributed by atoms with Crippen molar-refractivity contribution in [3.8, 4) is 0 Å². The minimum atomic E-state index is -0.334. The molecule has 1 fully saturated rings. The van der Waals surface area contributed by atoms with Gasteiger partial charge in [-0.3, -0.25) is 4.79 Å². The minimum absolute atomic E-state index is 0.00639. The van der Waals surface area contributed by atoms with Crippen LogP contribution < -0.4 is 11.1 Å². The Balaban J connectivity index is 2.31. The molecule has 3 N–H and O–H groups in total. The molecule has 14 heavy (non-hydrogen) atoms. The summed E-state index contributed by atoms with van der Waals surface area (Å²) in [6, 6.07) is -0.0403. The van der Waals surface area contributed by atoms with E-state index in [0.717, 1.165) is 0 Å². The van der Waals surface area contributed by atoms with Crippen LogP contribution in [0.4, 0.5) is 0 Å². The maximum atomic E-state index is 11.5. The van der Waals surface area contributed by atoms with E-state index in [-0.39, 0.29) is 11.9 Å². The van der Waals surface area contributed by atoms with E-state index in [1.807, 2.05) is 6.92 Å². The highest BCUT2D eigenvalue weighted by atomic mass is 16.2. The quantitative estimate of drug-likeness (QED) is 0.717. The van der Waals surface area contributed by atoms with Crippen molar-refractivity contribution in [2.45, 2.75) is 58.0 Å². The van der Waals surface area contributed by atoms with Gasteiger partial charge < -0.3 is 11.1 Å². The molecule has 0 heterocycles. The molecule has 1 aliphatic carbocycles. The van der Waals surface area contributed by atoms with Crippen molar-refractivity contribution in [3.63, 3.8) is 0 Å². The monoisotopic (exact) mass is 198 g/mol. The van der Waals surface area contributed by atoms with Crippen molar-refractivity contribution in [1.29, 1.82) is 0 Å². The molecule has 0 aromatic rings. The van der Waals surface area contributed by atoms with E-state index in [0.29, 0.717) is 18.4 Å². The zero-order valence-corrected chi connectivity index (χ0v) is 9.25. The van der Waals surface area contributed by atoms with E-state index in [9.17, 15) is 4.79 Å². The molecule has 2 unspecified atom stereocenters. The molecule has 0 bridgehead atoms. The Morgan fingerprint density at radius 3 is 2.57 bits per heavy atom. The average molecular weight is 198 g/mol. The Kier molecular flexibility index (Phi) is 4.39. The van der Waals surface area contributed by atoms with Gasteiger partial charge in [0.15, 0.2) is 0 Å². The lowest BCUT2D eigenvalue weighted by Gasteiger charge is -2.22. The summed E-state index contributed by atoms with van der Waals surface area (Å²) in [5, 5.41) is 3.01. The van der Waals surface area contributed by atoms with E-state index in [1.54, 1.807) is 0 Å². The number of hydrogen-bond acceptors (Lipinski definition) is 2. The summed E-state index contributed by atoms with van der Waals surface area (Å²) in [7, 11) is 0. The smallest absolute Gasteiger partial charge is 0.237 e. The average Bonchev–Trinajstić information content (AvgIpc) is 2.69. The molecule has 0 saturated heterocycles. The Hall–Kier alpha value is -0.570. The highest BCUT2D eigenvalue weighted by molar-refractivity contribution is 5.81. The van der Waals surface area contributed by atoms with Gasteiger partial charge in [-0.25, -0.2) is 0 Å². The van der Waals surface area contributed by atoms with Crippen molar-refractivity contribution >= 4 is 5.91 Å². The molecule has 2 atom stereocenters. The summed E-state index contributed by atoms with van der Waals surface area (Å²) in [5.74, 6) is 0.676. The maximum Gasteiger partial charge on any atom is 0.237 e. The van der Waals surface area contributed by atoms with Gasteiger partial charge in [0.2, 0.25) is 5.91 Å². The summed E-state index contributed by atoms with van der Waals surface area (Å²) in [5.41, 5.74) is 5.65. The molecular weight excluding hydrogens is 176 g/mol. The second-order valence-corrected chi connectivity index (χ2v) is 4.36. The molecule has 1 amide bonds. The third-order valence-corrected chi connectivity index (χ3v) is 3.25. The van der Waals surface area contributed by atoms with E-state index in [4.69, 9.17) is 5.73 Å². The van der Waals surface area contributed by atoms with E-state index in [1.165, 1.54) is 25.7 Å². The van der Waals surface area contributed by atoms with Gasteiger partial charge in [-0.15, -0.1) is 0 Å². The number of hydrogen-bond donors (Lipinski definition) is 2. The van der Waals surface area contributed by atoms with Crippen LogP contribution in [0.3, 0.4) is 0 Å². The first-order valence-corrected chi connectivity index (χ1v) is 5.71. The van der Waals surface area contributed by atoms with Crippen molar-refractivity contribution in [2.75, 3.05) is 0 Å². The first-order valence-electron chi connectivity index (χ1n) is 5.71. The number of rotatable bonds is 4. The number of carbonyl (C=O) groups excluding carboxylic acids is 1. The summed E-state index contributed by atoms with van der Waals surface area (Å²) in [6.45, 7) is 4.03. The van der Waals surface area contributed by atoms with Crippen LogP contribution in [0, 0.1) is 5.92 Å². The Morgan fingerprint density at radius 1 is 1.50 bits per heavy atom. The van der Waals surface area contributed by atoms with Crippen LogP contribution in [0.15, 0.2) is 0 Å². The molecule has 3 nitrogen and oxygen atoms in total. The first-order chi connectivity index (χ1) is 6.65. The zero-order valence-electron chi connectivity index (χ0n) is 9.25. The molecule has 1 aliphatic rings. The van der Waals surface area contributed by atoms with Crippen molar-refractivity contribution in [2.24, 2.45) is 11.7 Å². The largest absolute Gasteiger partial charge is 0.352 e. The molecule has 82 valence electrons. The molecule has 0 aliphatic heterocycles. The molecule has 3 heteroatoms. The lowest BCUT2D eigenvalue weighted by Crippen LogP contribution is -2.46. The molecule has 0 aromatic carbocycles. The first kappa shape index (κ1) is 11.5. The molecule has 1 saturated carbocycles.